The number of hydrogen-bond donors (Lipinski definition) is 1. The Labute approximate surface area is 129 Å². The van der Waals surface area contributed by atoms with E-state index in [0.29, 0.717) is 19.0 Å². The number of rotatable bonds is 5. The van der Waals surface area contributed by atoms with Gasteiger partial charge in [-0.25, -0.2) is 0 Å². The second-order valence-electron chi connectivity index (χ2n) is 5.98. The lowest BCUT2D eigenvalue weighted by Crippen LogP contribution is -2.40. The molecule has 3 rings (SSSR count). The fraction of sp³-hybridized carbons (Fsp3) is 0.786. The molecule has 0 saturated carbocycles. The van der Waals surface area contributed by atoms with Crippen molar-refractivity contribution in [1.82, 2.24) is 19.9 Å². The van der Waals surface area contributed by atoms with Gasteiger partial charge in [-0.3, -0.25) is 14.6 Å². The molecule has 2 aliphatic heterocycles. The Bertz CT molecular complexity index is 500. The Morgan fingerprint density at radius 3 is 2.86 bits per heavy atom. The highest BCUT2D eigenvalue weighted by Crippen LogP contribution is 2.25. The largest absolute Gasteiger partial charge is 0.379 e. The first-order chi connectivity index (χ1) is 10.7. The minimum absolute atomic E-state index is 0.194. The Balaban J connectivity index is 1.56. The van der Waals surface area contributed by atoms with Crippen LogP contribution in [-0.2, 0) is 16.1 Å². The normalized spacial score (nSPS) is 24.5. The summed E-state index contributed by atoms with van der Waals surface area (Å²) in [6, 6.07) is 0. The number of amides is 1. The Morgan fingerprint density at radius 1 is 1.27 bits per heavy atom. The van der Waals surface area contributed by atoms with E-state index in [9.17, 15) is 4.79 Å². The van der Waals surface area contributed by atoms with Crippen molar-refractivity contribution in [2.24, 2.45) is 5.73 Å². The standard InChI is InChI=1S/C14H23N5O3/c15-12(20)9-19-3-1-2-11(8-19)14-16-13(17-22-14)10-18-4-6-21-7-5-18/h11H,1-10H2,(H2,15,20)/t11-/m0/s1. The molecule has 122 valence electrons. The number of aromatic nitrogens is 2. The molecule has 0 spiro atoms. The molecule has 22 heavy (non-hydrogen) atoms. The van der Waals surface area contributed by atoms with Crippen LogP contribution in [-0.4, -0.2) is 71.8 Å². The quantitative estimate of drug-likeness (QED) is 0.788. The van der Waals surface area contributed by atoms with E-state index in [4.69, 9.17) is 15.0 Å². The number of primary amides is 1. The van der Waals surface area contributed by atoms with E-state index < -0.39 is 0 Å². The van der Waals surface area contributed by atoms with E-state index in [1.54, 1.807) is 0 Å². The van der Waals surface area contributed by atoms with Gasteiger partial charge in [0.05, 0.1) is 32.2 Å². The van der Waals surface area contributed by atoms with Gasteiger partial charge in [-0.2, -0.15) is 4.98 Å². The lowest BCUT2D eigenvalue weighted by molar-refractivity contribution is -0.119. The van der Waals surface area contributed by atoms with Crippen LogP contribution in [0.5, 0.6) is 0 Å². The zero-order valence-electron chi connectivity index (χ0n) is 12.7. The summed E-state index contributed by atoms with van der Waals surface area (Å²) in [6.07, 6.45) is 2.02. The van der Waals surface area contributed by atoms with E-state index in [1.807, 2.05) is 0 Å². The lowest BCUT2D eigenvalue weighted by atomic mass is 9.98. The lowest BCUT2D eigenvalue weighted by Gasteiger charge is -2.29. The zero-order chi connectivity index (χ0) is 15.4. The van der Waals surface area contributed by atoms with Gasteiger partial charge in [-0.05, 0) is 19.4 Å². The van der Waals surface area contributed by atoms with Gasteiger partial charge in [0.2, 0.25) is 11.8 Å². The van der Waals surface area contributed by atoms with Gasteiger partial charge in [0.25, 0.3) is 0 Å². The summed E-state index contributed by atoms with van der Waals surface area (Å²) in [5, 5.41) is 4.09. The Kier molecular flexibility index (Phi) is 5.01. The number of morpholine rings is 1. The van der Waals surface area contributed by atoms with Crippen LogP contribution in [0.25, 0.3) is 0 Å². The first-order valence-corrected chi connectivity index (χ1v) is 7.84. The van der Waals surface area contributed by atoms with Gasteiger partial charge in [0.15, 0.2) is 5.82 Å². The molecular formula is C14H23N5O3. The van der Waals surface area contributed by atoms with Gasteiger partial charge in [0.1, 0.15) is 0 Å². The predicted molar refractivity (Wildman–Crippen MR) is 78.0 cm³/mol. The molecule has 1 aromatic heterocycles. The number of nitrogens with two attached hydrogens (primary N) is 1. The second kappa shape index (κ2) is 7.17. The van der Waals surface area contributed by atoms with E-state index in [0.717, 1.165) is 58.1 Å². The smallest absolute Gasteiger partial charge is 0.231 e. The molecule has 1 atom stereocenters. The van der Waals surface area contributed by atoms with E-state index >= 15 is 0 Å². The average molecular weight is 309 g/mol. The molecule has 0 unspecified atom stereocenters. The van der Waals surface area contributed by atoms with Gasteiger partial charge in [0, 0.05) is 19.6 Å². The Hall–Kier alpha value is -1.51. The van der Waals surface area contributed by atoms with Gasteiger partial charge in [-0.15, -0.1) is 0 Å². The van der Waals surface area contributed by atoms with Crippen LogP contribution in [0.4, 0.5) is 0 Å². The van der Waals surface area contributed by atoms with E-state index in [-0.39, 0.29) is 11.8 Å². The highest BCUT2D eigenvalue weighted by molar-refractivity contribution is 5.75. The number of hydrogen-bond acceptors (Lipinski definition) is 7. The predicted octanol–water partition coefficient (Wildman–Crippen LogP) is -0.433. The highest BCUT2D eigenvalue weighted by Gasteiger charge is 2.27. The number of carbonyl (C=O) groups excluding carboxylic acids is 1. The first kappa shape index (κ1) is 15.4. The van der Waals surface area contributed by atoms with E-state index in [1.165, 1.54) is 0 Å². The monoisotopic (exact) mass is 309 g/mol. The van der Waals surface area contributed by atoms with Crippen molar-refractivity contribution >= 4 is 5.91 Å². The molecule has 2 saturated heterocycles. The average Bonchev–Trinajstić information content (AvgIpc) is 2.96. The van der Waals surface area contributed by atoms with Crippen molar-refractivity contribution in [3.63, 3.8) is 0 Å². The maximum absolute atomic E-state index is 11.0. The third-order valence-electron chi connectivity index (χ3n) is 4.19. The minimum atomic E-state index is -0.292. The van der Waals surface area contributed by atoms with Crippen LogP contribution in [0.15, 0.2) is 4.52 Å². The maximum Gasteiger partial charge on any atom is 0.231 e. The molecule has 2 fully saturated rings. The van der Waals surface area contributed by atoms with Crippen molar-refractivity contribution < 1.29 is 14.1 Å². The van der Waals surface area contributed by atoms with Crippen LogP contribution in [0, 0.1) is 0 Å². The summed E-state index contributed by atoms with van der Waals surface area (Å²) in [6.45, 7) is 5.97. The van der Waals surface area contributed by atoms with Crippen molar-refractivity contribution in [3.8, 4) is 0 Å². The van der Waals surface area contributed by atoms with Crippen molar-refractivity contribution in [2.75, 3.05) is 45.9 Å². The van der Waals surface area contributed by atoms with Crippen LogP contribution in [0.2, 0.25) is 0 Å². The third-order valence-corrected chi connectivity index (χ3v) is 4.19. The molecule has 8 heteroatoms. The number of piperidine rings is 1. The molecule has 3 heterocycles. The van der Waals surface area contributed by atoms with Crippen molar-refractivity contribution in [1.29, 1.82) is 0 Å². The summed E-state index contributed by atoms with van der Waals surface area (Å²) >= 11 is 0. The molecule has 0 bridgehead atoms. The van der Waals surface area contributed by atoms with Gasteiger partial charge in [-0.1, -0.05) is 5.16 Å². The number of carbonyl (C=O) groups is 1. The Morgan fingerprint density at radius 2 is 2.09 bits per heavy atom. The highest BCUT2D eigenvalue weighted by atomic mass is 16.5. The molecule has 1 aromatic rings. The third kappa shape index (κ3) is 4.02. The summed E-state index contributed by atoms with van der Waals surface area (Å²) < 4.78 is 10.8. The fourth-order valence-corrected chi connectivity index (χ4v) is 3.08. The van der Waals surface area contributed by atoms with Crippen LogP contribution < -0.4 is 5.73 Å². The molecular weight excluding hydrogens is 286 g/mol. The fourth-order valence-electron chi connectivity index (χ4n) is 3.08. The topological polar surface area (TPSA) is 97.7 Å². The second-order valence-corrected chi connectivity index (χ2v) is 5.98. The molecule has 0 radical (unpaired) electrons. The van der Waals surface area contributed by atoms with Gasteiger partial charge < -0.3 is 15.0 Å². The SMILES string of the molecule is NC(=O)CN1CCC[C@H](c2nc(CN3CCOCC3)no2)C1. The minimum Gasteiger partial charge on any atom is -0.379 e. The number of ether oxygens (including phenoxy) is 1. The number of nitrogens with zero attached hydrogens (tertiary/aromatic N) is 4. The molecule has 0 aromatic carbocycles. The first-order valence-electron chi connectivity index (χ1n) is 7.84. The van der Waals surface area contributed by atoms with Crippen LogP contribution >= 0.6 is 0 Å². The molecule has 0 aliphatic carbocycles. The molecule has 8 nitrogen and oxygen atoms in total. The summed E-state index contributed by atoms with van der Waals surface area (Å²) in [5.41, 5.74) is 5.27. The summed E-state index contributed by atoms with van der Waals surface area (Å²) in [4.78, 5) is 19.9. The maximum atomic E-state index is 11.0. The zero-order valence-corrected chi connectivity index (χ0v) is 12.7. The molecule has 2 aliphatic rings. The van der Waals surface area contributed by atoms with E-state index in [2.05, 4.69) is 19.9 Å². The van der Waals surface area contributed by atoms with Crippen molar-refractivity contribution in [3.05, 3.63) is 11.7 Å². The molecule has 1 amide bonds. The van der Waals surface area contributed by atoms with Crippen LogP contribution in [0.3, 0.4) is 0 Å². The molecule has 2 N–H and O–H groups in total. The summed E-state index contributed by atoms with van der Waals surface area (Å²) in [5.74, 6) is 1.31. The van der Waals surface area contributed by atoms with Crippen molar-refractivity contribution in [2.45, 2.75) is 25.3 Å². The number of likely N-dealkylation sites (tertiary alicyclic amines) is 1. The van der Waals surface area contributed by atoms with Gasteiger partial charge >= 0.3 is 0 Å². The van der Waals surface area contributed by atoms with Crippen LogP contribution in [0.1, 0.15) is 30.5 Å². The summed E-state index contributed by atoms with van der Waals surface area (Å²) in [7, 11) is 0.